The van der Waals surface area contributed by atoms with Crippen LogP contribution in [0.15, 0.2) is 23.3 Å². The molecule has 0 saturated heterocycles. The monoisotopic (exact) mass is 207 g/mol. The van der Waals surface area contributed by atoms with Crippen LogP contribution in [0.25, 0.3) is 0 Å². The summed E-state index contributed by atoms with van der Waals surface area (Å²) < 4.78 is 0. The summed E-state index contributed by atoms with van der Waals surface area (Å²) in [5, 5.41) is 3.04. The summed E-state index contributed by atoms with van der Waals surface area (Å²) >= 11 is 0. The van der Waals surface area contributed by atoms with Gasteiger partial charge >= 0.3 is 0 Å². The van der Waals surface area contributed by atoms with Gasteiger partial charge in [-0.15, -0.1) is 0 Å². The average Bonchev–Trinajstić information content (AvgIpc) is 2.27. The van der Waals surface area contributed by atoms with Gasteiger partial charge in [0.2, 0.25) is 5.96 Å². The van der Waals surface area contributed by atoms with Gasteiger partial charge in [-0.1, -0.05) is 6.92 Å². The van der Waals surface area contributed by atoms with Crippen LogP contribution in [0.1, 0.15) is 19.0 Å². The molecule has 0 aliphatic carbocycles. The molecule has 0 unspecified atom stereocenters. The van der Waals surface area contributed by atoms with Crippen molar-refractivity contribution < 1.29 is 0 Å². The molecular weight excluding hydrogens is 190 g/mol. The molecule has 4 N–H and O–H groups in total. The van der Waals surface area contributed by atoms with Crippen molar-refractivity contribution in [2.75, 3.05) is 11.9 Å². The topological polar surface area (TPSA) is 75.3 Å². The van der Waals surface area contributed by atoms with E-state index < -0.39 is 0 Å². The Labute approximate surface area is 89.8 Å². The van der Waals surface area contributed by atoms with Crippen LogP contribution in [-0.2, 0) is 0 Å². The van der Waals surface area contributed by atoms with Gasteiger partial charge < -0.3 is 5.32 Å². The number of pyridine rings is 1. The first-order valence-electron chi connectivity index (χ1n) is 4.97. The van der Waals surface area contributed by atoms with Gasteiger partial charge in [0.15, 0.2) is 0 Å². The summed E-state index contributed by atoms with van der Waals surface area (Å²) in [5.41, 5.74) is 4.36. The molecule has 0 radical (unpaired) electrons. The lowest BCUT2D eigenvalue weighted by Crippen LogP contribution is -2.36. The van der Waals surface area contributed by atoms with Crippen LogP contribution in [0.2, 0.25) is 0 Å². The molecular formula is C10H17N5. The molecule has 82 valence electrons. The molecule has 0 aliphatic heterocycles. The lowest BCUT2D eigenvalue weighted by atomic mass is 10.3. The standard InChI is InChI=1S/C10H17N5/c1-3-6-12-10(15-11)14-9-5-4-8(2)13-7-9/h4-5,7H,3,6,11H2,1-2H3,(H2,12,14,15). The molecule has 0 bridgehead atoms. The van der Waals surface area contributed by atoms with E-state index in [0.717, 1.165) is 24.3 Å². The summed E-state index contributed by atoms with van der Waals surface area (Å²) in [7, 11) is 0. The molecule has 0 spiro atoms. The van der Waals surface area contributed by atoms with E-state index in [2.05, 4.69) is 27.6 Å². The second-order valence-corrected chi connectivity index (χ2v) is 3.19. The van der Waals surface area contributed by atoms with Gasteiger partial charge in [-0.05, 0) is 25.5 Å². The third kappa shape index (κ3) is 3.95. The number of aliphatic imine (C=N–C) groups is 1. The van der Waals surface area contributed by atoms with Gasteiger partial charge in [0.1, 0.15) is 0 Å². The summed E-state index contributed by atoms with van der Waals surface area (Å²) in [6.07, 6.45) is 2.73. The number of hydrazine groups is 1. The highest BCUT2D eigenvalue weighted by Crippen LogP contribution is 2.04. The van der Waals surface area contributed by atoms with E-state index in [1.807, 2.05) is 19.1 Å². The fourth-order valence-electron chi connectivity index (χ4n) is 1.02. The van der Waals surface area contributed by atoms with E-state index in [9.17, 15) is 0 Å². The molecule has 1 aromatic rings. The Morgan fingerprint density at radius 3 is 2.87 bits per heavy atom. The van der Waals surface area contributed by atoms with E-state index in [1.54, 1.807) is 6.20 Å². The Balaban J connectivity index is 2.62. The van der Waals surface area contributed by atoms with Crippen molar-refractivity contribution in [3.63, 3.8) is 0 Å². The molecule has 0 amide bonds. The predicted octanol–water partition coefficient (Wildman–Crippen LogP) is 1.03. The van der Waals surface area contributed by atoms with Gasteiger partial charge in [0, 0.05) is 12.2 Å². The lowest BCUT2D eigenvalue weighted by Gasteiger charge is -2.08. The predicted molar refractivity (Wildman–Crippen MR) is 62.5 cm³/mol. The van der Waals surface area contributed by atoms with Crippen molar-refractivity contribution in [1.82, 2.24) is 10.4 Å². The maximum Gasteiger partial charge on any atom is 0.210 e. The van der Waals surface area contributed by atoms with Crippen molar-refractivity contribution in [2.24, 2.45) is 10.8 Å². The minimum Gasteiger partial charge on any atom is -0.324 e. The summed E-state index contributed by atoms with van der Waals surface area (Å²) in [6, 6.07) is 3.86. The van der Waals surface area contributed by atoms with Gasteiger partial charge in [-0.3, -0.25) is 15.4 Å². The van der Waals surface area contributed by atoms with E-state index >= 15 is 0 Å². The van der Waals surface area contributed by atoms with Crippen LogP contribution < -0.4 is 16.6 Å². The Morgan fingerprint density at radius 1 is 1.53 bits per heavy atom. The van der Waals surface area contributed by atoms with Crippen LogP contribution in [0.3, 0.4) is 0 Å². The van der Waals surface area contributed by atoms with Crippen LogP contribution in [0, 0.1) is 6.92 Å². The van der Waals surface area contributed by atoms with Crippen molar-refractivity contribution in [3.05, 3.63) is 24.0 Å². The van der Waals surface area contributed by atoms with Crippen LogP contribution >= 0.6 is 0 Å². The minimum atomic E-state index is 0.558. The summed E-state index contributed by atoms with van der Waals surface area (Å²) in [5.74, 6) is 5.89. The number of nitrogens with zero attached hydrogens (tertiary/aromatic N) is 2. The third-order valence-electron chi connectivity index (χ3n) is 1.80. The van der Waals surface area contributed by atoms with Crippen molar-refractivity contribution in [1.29, 1.82) is 0 Å². The van der Waals surface area contributed by atoms with Gasteiger partial charge in [0.25, 0.3) is 0 Å². The number of guanidine groups is 1. The van der Waals surface area contributed by atoms with Gasteiger partial charge in [-0.2, -0.15) is 0 Å². The van der Waals surface area contributed by atoms with Crippen LogP contribution in [0.4, 0.5) is 5.69 Å². The van der Waals surface area contributed by atoms with E-state index in [0.29, 0.717) is 5.96 Å². The molecule has 0 saturated carbocycles. The third-order valence-corrected chi connectivity index (χ3v) is 1.80. The smallest absolute Gasteiger partial charge is 0.210 e. The highest BCUT2D eigenvalue weighted by molar-refractivity contribution is 5.92. The highest BCUT2D eigenvalue weighted by Gasteiger charge is 1.97. The number of hydrogen-bond donors (Lipinski definition) is 3. The number of anilines is 1. The van der Waals surface area contributed by atoms with Crippen molar-refractivity contribution in [3.8, 4) is 0 Å². The molecule has 0 aliphatic rings. The van der Waals surface area contributed by atoms with Crippen molar-refractivity contribution >= 4 is 11.6 Å². The number of nitrogens with one attached hydrogen (secondary N) is 2. The Morgan fingerprint density at radius 2 is 2.33 bits per heavy atom. The average molecular weight is 207 g/mol. The Bertz CT molecular complexity index is 317. The minimum absolute atomic E-state index is 0.558. The maximum absolute atomic E-state index is 5.33. The molecule has 0 fully saturated rings. The number of hydrogen-bond acceptors (Lipinski definition) is 3. The molecule has 1 aromatic heterocycles. The van der Waals surface area contributed by atoms with E-state index in [4.69, 9.17) is 5.84 Å². The SMILES string of the molecule is CCCN=C(NN)Nc1ccc(C)nc1. The molecule has 0 atom stereocenters. The fourth-order valence-corrected chi connectivity index (χ4v) is 1.02. The first kappa shape index (κ1) is 11.5. The van der Waals surface area contributed by atoms with Crippen molar-refractivity contribution in [2.45, 2.75) is 20.3 Å². The lowest BCUT2D eigenvalue weighted by molar-refractivity contribution is 0.905. The quantitative estimate of drug-likeness (QED) is 0.299. The molecule has 15 heavy (non-hydrogen) atoms. The Kier molecular flexibility index (Phi) is 4.56. The first-order valence-corrected chi connectivity index (χ1v) is 4.97. The fraction of sp³-hybridized carbons (Fsp3) is 0.400. The zero-order chi connectivity index (χ0) is 11.1. The first-order chi connectivity index (χ1) is 7.26. The van der Waals surface area contributed by atoms with Gasteiger partial charge in [-0.25, -0.2) is 5.84 Å². The Hall–Kier alpha value is -1.62. The second-order valence-electron chi connectivity index (χ2n) is 3.19. The summed E-state index contributed by atoms with van der Waals surface area (Å²) in [4.78, 5) is 8.38. The molecule has 5 heteroatoms. The molecule has 1 rings (SSSR count). The summed E-state index contributed by atoms with van der Waals surface area (Å²) in [6.45, 7) is 4.74. The molecule has 1 heterocycles. The number of aryl methyl sites for hydroxylation is 1. The molecule has 5 nitrogen and oxygen atoms in total. The van der Waals surface area contributed by atoms with Gasteiger partial charge in [0.05, 0.1) is 11.9 Å². The maximum atomic E-state index is 5.33. The highest BCUT2D eigenvalue weighted by atomic mass is 15.3. The largest absolute Gasteiger partial charge is 0.324 e. The van der Waals surface area contributed by atoms with E-state index in [1.165, 1.54) is 0 Å². The number of rotatable bonds is 3. The second kappa shape index (κ2) is 5.98. The number of aromatic nitrogens is 1. The molecule has 0 aromatic carbocycles. The zero-order valence-corrected chi connectivity index (χ0v) is 9.12. The number of nitrogens with two attached hydrogens (primary N) is 1. The zero-order valence-electron chi connectivity index (χ0n) is 9.12. The normalized spacial score (nSPS) is 11.3. The van der Waals surface area contributed by atoms with E-state index in [-0.39, 0.29) is 0 Å². The van der Waals surface area contributed by atoms with Crippen LogP contribution in [0.5, 0.6) is 0 Å². The van der Waals surface area contributed by atoms with Crippen LogP contribution in [-0.4, -0.2) is 17.5 Å².